The lowest BCUT2D eigenvalue weighted by Gasteiger charge is -1.96. The van der Waals surface area contributed by atoms with Crippen molar-refractivity contribution in [3.63, 3.8) is 0 Å². The smallest absolute Gasteiger partial charge is 0.303 e. The molecule has 13 heavy (non-hydrogen) atoms. The molecule has 0 bridgehead atoms. The highest BCUT2D eigenvalue weighted by Gasteiger charge is 1.99. The maximum Gasteiger partial charge on any atom is 0.303 e. The minimum absolute atomic E-state index is 0.0684. The summed E-state index contributed by atoms with van der Waals surface area (Å²) in [5, 5.41) is 16.9. The minimum atomic E-state index is -0.842. The van der Waals surface area contributed by atoms with E-state index >= 15 is 0 Å². The number of aliphatic carboxylic acids is 1. The van der Waals surface area contributed by atoms with Crippen molar-refractivity contribution < 1.29 is 9.90 Å². The topological polar surface area (TPSA) is 74.0 Å². The van der Waals surface area contributed by atoms with Crippen LogP contribution in [0.2, 0.25) is 0 Å². The Labute approximate surface area is 75.5 Å². The fourth-order valence-corrected chi connectivity index (χ4v) is 0.874. The Morgan fingerprint density at radius 2 is 2.38 bits per heavy atom. The second-order valence-corrected chi connectivity index (χ2v) is 2.54. The molecule has 1 rings (SSSR count). The number of pyridine rings is 1. The van der Waals surface area contributed by atoms with Gasteiger partial charge in [-0.05, 0) is 12.1 Å². The van der Waals surface area contributed by atoms with Crippen molar-refractivity contribution in [1.29, 1.82) is 5.26 Å². The number of nitrogens with zero attached hydrogens (tertiary/aromatic N) is 2. The van der Waals surface area contributed by atoms with Gasteiger partial charge >= 0.3 is 5.97 Å². The van der Waals surface area contributed by atoms with Crippen molar-refractivity contribution in [2.45, 2.75) is 12.8 Å². The third kappa shape index (κ3) is 2.91. The first kappa shape index (κ1) is 9.20. The van der Waals surface area contributed by atoms with Crippen molar-refractivity contribution in [2.75, 3.05) is 0 Å². The fourth-order valence-electron chi connectivity index (χ4n) is 0.874. The highest BCUT2D eigenvalue weighted by molar-refractivity contribution is 5.66. The van der Waals surface area contributed by atoms with Gasteiger partial charge < -0.3 is 5.11 Å². The summed E-state index contributed by atoms with van der Waals surface area (Å²) in [7, 11) is 0. The van der Waals surface area contributed by atoms with Crippen LogP contribution in [0.5, 0.6) is 0 Å². The van der Waals surface area contributed by atoms with Gasteiger partial charge in [0.15, 0.2) is 0 Å². The molecule has 4 heteroatoms. The summed E-state index contributed by atoms with van der Waals surface area (Å²) in [5.74, 6) is -0.842. The van der Waals surface area contributed by atoms with E-state index in [-0.39, 0.29) is 6.42 Å². The van der Waals surface area contributed by atoms with Crippen molar-refractivity contribution >= 4 is 5.97 Å². The SMILES string of the molecule is N#Cc1ccc(CCC(=O)O)nc1. The number of carboxylic acids is 1. The zero-order valence-corrected chi connectivity index (χ0v) is 6.90. The number of carboxylic acid groups (broad SMARTS) is 1. The molecule has 0 spiro atoms. The minimum Gasteiger partial charge on any atom is -0.481 e. The Bertz CT molecular complexity index is 338. The van der Waals surface area contributed by atoms with Gasteiger partial charge in [-0.15, -0.1) is 0 Å². The van der Waals surface area contributed by atoms with Gasteiger partial charge in [0, 0.05) is 18.3 Å². The Morgan fingerprint density at radius 1 is 1.62 bits per heavy atom. The molecule has 0 amide bonds. The number of aromatic nitrogens is 1. The van der Waals surface area contributed by atoms with Crippen molar-refractivity contribution in [1.82, 2.24) is 4.98 Å². The molecule has 0 saturated carbocycles. The molecule has 1 aromatic heterocycles. The molecule has 66 valence electrons. The van der Waals surface area contributed by atoms with Crippen LogP contribution in [-0.2, 0) is 11.2 Å². The van der Waals surface area contributed by atoms with Crippen LogP contribution in [0.25, 0.3) is 0 Å². The van der Waals surface area contributed by atoms with E-state index in [0.717, 1.165) is 0 Å². The number of rotatable bonds is 3. The summed E-state index contributed by atoms with van der Waals surface area (Å²) >= 11 is 0. The summed E-state index contributed by atoms with van der Waals surface area (Å²) in [6.07, 6.45) is 1.91. The first-order valence-corrected chi connectivity index (χ1v) is 3.79. The van der Waals surface area contributed by atoms with Gasteiger partial charge in [-0.3, -0.25) is 9.78 Å². The molecule has 0 aliphatic rings. The van der Waals surface area contributed by atoms with E-state index in [0.29, 0.717) is 17.7 Å². The summed E-state index contributed by atoms with van der Waals surface area (Å²) in [6.45, 7) is 0. The van der Waals surface area contributed by atoms with Crippen LogP contribution in [-0.4, -0.2) is 16.1 Å². The second kappa shape index (κ2) is 4.21. The standard InChI is InChI=1S/C9H8N2O2/c10-5-7-1-2-8(11-6-7)3-4-9(12)13/h1-2,6H,3-4H2,(H,12,13). The van der Waals surface area contributed by atoms with E-state index in [1.165, 1.54) is 6.20 Å². The van der Waals surface area contributed by atoms with E-state index in [9.17, 15) is 4.79 Å². The molecule has 0 fully saturated rings. The van der Waals surface area contributed by atoms with Crippen molar-refractivity contribution in [2.24, 2.45) is 0 Å². The molecular formula is C9H8N2O2. The number of nitriles is 1. The molecule has 0 atom stereocenters. The van der Waals surface area contributed by atoms with Gasteiger partial charge in [0.2, 0.25) is 0 Å². The van der Waals surface area contributed by atoms with Crippen LogP contribution in [0.3, 0.4) is 0 Å². The lowest BCUT2D eigenvalue weighted by atomic mass is 10.2. The van der Waals surface area contributed by atoms with Gasteiger partial charge in [0.1, 0.15) is 6.07 Å². The predicted octanol–water partition coefficient (Wildman–Crippen LogP) is 0.970. The molecule has 0 aliphatic carbocycles. The number of hydrogen-bond donors (Lipinski definition) is 1. The van der Waals surface area contributed by atoms with Crippen LogP contribution in [0.4, 0.5) is 0 Å². The highest BCUT2D eigenvalue weighted by atomic mass is 16.4. The summed E-state index contributed by atoms with van der Waals surface area (Å²) in [6, 6.07) is 5.24. The van der Waals surface area contributed by atoms with Crippen LogP contribution >= 0.6 is 0 Å². The summed E-state index contributed by atoms with van der Waals surface area (Å²) in [4.78, 5) is 14.2. The summed E-state index contributed by atoms with van der Waals surface area (Å²) in [5.41, 5.74) is 1.18. The van der Waals surface area contributed by atoms with Crippen LogP contribution in [0, 0.1) is 11.3 Å². The highest BCUT2D eigenvalue weighted by Crippen LogP contribution is 2.01. The average Bonchev–Trinajstić information content (AvgIpc) is 2.15. The Kier molecular flexibility index (Phi) is 2.98. The molecule has 0 saturated heterocycles. The maximum absolute atomic E-state index is 10.2. The summed E-state index contributed by atoms with van der Waals surface area (Å²) < 4.78 is 0. The molecule has 4 nitrogen and oxygen atoms in total. The maximum atomic E-state index is 10.2. The third-order valence-electron chi connectivity index (χ3n) is 1.55. The number of carbonyl (C=O) groups is 1. The van der Waals surface area contributed by atoms with E-state index in [2.05, 4.69) is 4.98 Å². The Morgan fingerprint density at radius 3 is 2.85 bits per heavy atom. The monoisotopic (exact) mass is 176 g/mol. The van der Waals surface area contributed by atoms with Crippen molar-refractivity contribution in [3.05, 3.63) is 29.6 Å². The van der Waals surface area contributed by atoms with Gasteiger partial charge in [-0.2, -0.15) is 5.26 Å². The van der Waals surface area contributed by atoms with E-state index in [1.54, 1.807) is 12.1 Å². The van der Waals surface area contributed by atoms with Crippen molar-refractivity contribution in [3.8, 4) is 6.07 Å². The average molecular weight is 176 g/mol. The fraction of sp³-hybridized carbons (Fsp3) is 0.222. The zero-order valence-electron chi connectivity index (χ0n) is 6.90. The quantitative estimate of drug-likeness (QED) is 0.744. The van der Waals surface area contributed by atoms with Gasteiger partial charge in [0.05, 0.1) is 12.0 Å². The molecule has 1 aromatic rings. The van der Waals surface area contributed by atoms with Crippen LogP contribution in [0.15, 0.2) is 18.3 Å². The first-order chi connectivity index (χ1) is 6.22. The Balaban J connectivity index is 2.60. The first-order valence-electron chi connectivity index (χ1n) is 3.79. The normalized spacial score (nSPS) is 9.15. The largest absolute Gasteiger partial charge is 0.481 e. The molecule has 0 radical (unpaired) electrons. The molecule has 0 aliphatic heterocycles. The second-order valence-electron chi connectivity index (χ2n) is 2.54. The van der Waals surface area contributed by atoms with Gasteiger partial charge in [-0.1, -0.05) is 0 Å². The van der Waals surface area contributed by atoms with Crippen LogP contribution < -0.4 is 0 Å². The third-order valence-corrected chi connectivity index (χ3v) is 1.55. The molecule has 1 heterocycles. The zero-order chi connectivity index (χ0) is 9.68. The molecule has 0 aromatic carbocycles. The number of aryl methyl sites for hydroxylation is 1. The van der Waals surface area contributed by atoms with Gasteiger partial charge in [0.25, 0.3) is 0 Å². The molecular weight excluding hydrogens is 168 g/mol. The predicted molar refractivity (Wildman–Crippen MR) is 44.9 cm³/mol. The van der Waals surface area contributed by atoms with E-state index in [1.807, 2.05) is 6.07 Å². The number of hydrogen-bond acceptors (Lipinski definition) is 3. The van der Waals surface area contributed by atoms with Gasteiger partial charge in [-0.25, -0.2) is 0 Å². The lowest BCUT2D eigenvalue weighted by molar-refractivity contribution is -0.136. The lowest BCUT2D eigenvalue weighted by Crippen LogP contribution is -1.99. The molecule has 1 N–H and O–H groups in total. The Hall–Kier alpha value is -1.89. The van der Waals surface area contributed by atoms with E-state index < -0.39 is 5.97 Å². The molecule has 0 unspecified atom stereocenters. The van der Waals surface area contributed by atoms with E-state index in [4.69, 9.17) is 10.4 Å². The van der Waals surface area contributed by atoms with Crippen LogP contribution in [0.1, 0.15) is 17.7 Å².